The van der Waals surface area contributed by atoms with Crippen molar-refractivity contribution in [3.63, 3.8) is 0 Å². The van der Waals surface area contributed by atoms with Crippen LogP contribution in [-0.2, 0) is 0 Å². The number of ether oxygens (including phenoxy) is 1. The van der Waals surface area contributed by atoms with Crippen LogP contribution in [0.2, 0.25) is 0 Å². The van der Waals surface area contributed by atoms with E-state index in [1.54, 1.807) is 18.2 Å². The number of rotatable bonds is 3. The zero-order valence-electron chi connectivity index (χ0n) is 12.2. The normalized spacial score (nSPS) is 10.9. The van der Waals surface area contributed by atoms with Gasteiger partial charge in [0.15, 0.2) is 17.4 Å². The molecular formula is C18H10BrFN2OS. The molecule has 24 heavy (non-hydrogen) atoms. The van der Waals surface area contributed by atoms with E-state index in [0.29, 0.717) is 11.7 Å². The van der Waals surface area contributed by atoms with Gasteiger partial charge < -0.3 is 4.74 Å². The first-order chi connectivity index (χ1) is 11.7. The first-order valence-electron chi connectivity index (χ1n) is 7.14. The second-order valence-corrected chi connectivity index (χ2v) is 6.86. The van der Waals surface area contributed by atoms with Crippen molar-refractivity contribution in [2.24, 2.45) is 0 Å². The van der Waals surface area contributed by atoms with Gasteiger partial charge in [0.25, 0.3) is 0 Å². The number of nitrogens with zero attached hydrogens (tertiary/aromatic N) is 2. The van der Waals surface area contributed by atoms with Gasteiger partial charge in [-0.1, -0.05) is 40.2 Å². The number of thiophene rings is 1. The molecule has 0 amide bonds. The van der Waals surface area contributed by atoms with Crippen molar-refractivity contribution < 1.29 is 9.13 Å². The highest BCUT2D eigenvalue weighted by Crippen LogP contribution is 2.34. The Labute approximate surface area is 149 Å². The summed E-state index contributed by atoms with van der Waals surface area (Å²) >= 11 is 4.91. The third kappa shape index (κ3) is 2.90. The summed E-state index contributed by atoms with van der Waals surface area (Å²) in [5, 5.41) is 1.91. The second kappa shape index (κ2) is 6.30. The minimum absolute atomic E-state index is 0.145. The number of fused-ring (bicyclic) bond motifs is 1. The minimum atomic E-state index is -0.426. The number of para-hydroxylation sites is 1. The molecule has 4 aromatic rings. The van der Waals surface area contributed by atoms with E-state index in [1.807, 2.05) is 35.7 Å². The van der Waals surface area contributed by atoms with Gasteiger partial charge in [-0.2, -0.15) is 4.98 Å². The molecule has 0 bridgehead atoms. The Balaban J connectivity index is 1.85. The summed E-state index contributed by atoms with van der Waals surface area (Å²) < 4.78 is 21.4. The topological polar surface area (TPSA) is 35.0 Å². The smallest absolute Gasteiger partial charge is 0.241 e. The predicted octanol–water partition coefficient (Wildman–Crippen LogP) is 6.05. The first kappa shape index (κ1) is 15.2. The third-order valence-electron chi connectivity index (χ3n) is 3.40. The molecular weight excluding hydrogens is 391 g/mol. The fraction of sp³-hybridized carbons (Fsp3) is 0. The molecule has 0 atom stereocenters. The van der Waals surface area contributed by atoms with Crippen molar-refractivity contribution in [3.8, 4) is 23.0 Å². The van der Waals surface area contributed by atoms with E-state index >= 15 is 0 Å². The summed E-state index contributed by atoms with van der Waals surface area (Å²) in [6.07, 6.45) is 0. The van der Waals surface area contributed by atoms with E-state index in [1.165, 1.54) is 17.4 Å². The zero-order chi connectivity index (χ0) is 16.5. The molecule has 2 aromatic heterocycles. The lowest BCUT2D eigenvalue weighted by atomic mass is 10.2. The van der Waals surface area contributed by atoms with Crippen molar-refractivity contribution in [1.82, 2.24) is 9.97 Å². The maximum atomic E-state index is 13.9. The second-order valence-electron chi connectivity index (χ2n) is 5.03. The number of benzene rings is 2. The van der Waals surface area contributed by atoms with Crippen LogP contribution in [-0.4, -0.2) is 9.97 Å². The standard InChI is InChI=1S/C18H10BrFN2OS/c19-12-5-3-4-11(10-12)17-21-14-8-9-24-16(14)18(22-17)23-15-7-2-1-6-13(15)20/h1-10H. The largest absolute Gasteiger partial charge is 0.434 e. The molecule has 3 nitrogen and oxygen atoms in total. The lowest BCUT2D eigenvalue weighted by Crippen LogP contribution is -1.95. The molecule has 0 aliphatic rings. The van der Waals surface area contributed by atoms with Gasteiger partial charge in [0.1, 0.15) is 4.70 Å². The van der Waals surface area contributed by atoms with Crippen molar-refractivity contribution in [2.45, 2.75) is 0 Å². The van der Waals surface area contributed by atoms with Crippen molar-refractivity contribution >= 4 is 37.5 Å². The van der Waals surface area contributed by atoms with E-state index in [2.05, 4.69) is 25.9 Å². The molecule has 4 rings (SSSR count). The third-order valence-corrected chi connectivity index (χ3v) is 4.78. The summed E-state index contributed by atoms with van der Waals surface area (Å²) in [6, 6.07) is 15.9. The van der Waals surface area contributed by atoms with Gasteiger partial charge in [-0.15, -0.1) is 11.3 Å². The van der Waals surface area contributed by atoms with Gasteiger partial charge >= 0.3 is 0 Å². The van der Waals surface area contributed by atoms with Gasteiger partial charge in [0.05, 0.1) is 5.52 Å². The average molecular weight is 401 g/mol. The molecule has 0 unspecified atom stereocenters. The predicted molar refractivity (Wildman–Crippen MR) is 97.0 cm³/mol. The van der Waals surface area contributed by atoms with E-state index in [4.69, 9.17) is 4.74 Å². The van der Waals surface area contributed by atoms with Crippen LogP contribution in [0, 0.1) is 5.82 Å². The van der Waals surface area contributed by atoms with Crippen LogP contribution in [0.5, 0.6) is 11.6 Å². The molecule has 0 N–H and O–H groups in total. The fourth-order valence-electron chi connectivity index (χ4n) is 2.29. The van der Waals surface area contributed by atoms with Crippen molar-refractivity contribution in [2.75, 3.05) is 0 Å². The highest BCUT2D eigenvalue weighted by atomic mass is 79.9. The molecule has 118 valence electrons. The molecule has 0 fully saturated rings. The average Bonchev–Trinajstić information content (AvgIpc) is 3.06. The highest BCUT2D eigenvalue weighted by Gasteiger charge is 2.14. The SMILES string of the molecule is Fc1ccccc1Oc1nc(-c2cccc(Br)c2)nc2ccsc12. The summed E-state index contributed by atoms with van der Waals surface area (Å²) in [5.41, 5.74) is 1.63. The Hall–Kier alpha value is -2.31. The maximum Gasteiger partial charge on any atom is 0.241 e. The maximum absolute atomic E-state index is 13.9. The molecule has 0 aliphatic carbocycles. The van der Waals surface area contributed by atoms with Crippen LogP contribution in [0.1, 0.15) is 0 Å². The van der Waals surface area contributed by atoms with Gasteiger partial charge in [-0.3, -0.25) is 0 Å². The molecule has 0 saturated carbocycles. The van der Waals surface area contributed by atoms with Gasteiger partial charge in [0.2, 0.25) is 5.88 Å². The Morgan fingerprint density at radius 2 is 1.88 bits per heavy atom. The van der Waals surface area contributed by atoms with Crippen molar-refractivity contribution in [1.29, 1.82) is 0 Å². The lowest BCUT2D eigenvalue weighted by Gasteiger charge is -2.09. The van der Waals surface area contributed by atoms with E-state index in [9.17, 15) is 4.39 Å². The van der Waals surface area contributed by atoms with Gasteiger partial charge in [-0.25, -0.2) is 9.37 Å². The fourth-order valence-corrected chi connectivity index (χ4v) is 3.45. The van der Waals surface area contributed by atoms with E-state index in [-0.39, 0.29) is 5.75 Å². The van der Waals surface area contributed by atoms with Crippen LogP contribution in [0.4, 0.5) is 4.39 Å². The highest BCUT2D eigenvalue weighted by molar-refractivity contribution is 9.10. The Bertz CT molecular complexity index is 1030. The molecule has 0 spiro atoms. The van der Waals surface area contributed by atoms with Crippen LogP contribution >= 0.6 is 27.3 Å². The monoisotopic (exact) mass is 400 g/mol. The van der Waals surface area contributed by atoms with Crippen LogP contribution in [0.3, 0.4) is 0 Å². The zero-order valence-corrected chi connectivity index (χ0v) is 14.6. The number of hydrogen-bond donors (Lipinski definition) is 0. The Kier molecular flexibility index (Phi) is 4.00. The molecule has 0 saturated heterocycles. The summed E-state index contributed by atoms with van der Waals surface area (Å²) in [5.74, 6) is 0.611. The number of aromatic nitrogens is 2. The summed E-state index contributed by atoms with van der Waals surface area (Å²) in [4.78, 5) is 9.09. The summed E-state index contributed by atoms with van der Waals surface area (Å²) in [6.45, 7) is 0. The van der Waals surface area contributed by atoms with Gasteiger partial charge in [-0.05, 0) is 35.7 Å². The molecule has 0 aliphatic heterocycles. The van der Waals surface area contributed by atoms with Gasteiger partial charge in [0, 0.05) is 10.0 Å². The number of hydrogen-bond acceptors (Lipinski definition) is 4. The van der Waals surface area contributed by atoms with Crippen LogP contribution in [0.25, 0.3) is 21.6 Å². The van der Waals surface area contributed by atoms with Crippen molar-refractivity contribution in [3.05, 3.63) is 70.3 Å². The quantitative estimate of drug-likeness (QED) is 0.419. The first-order valence-corrected chi connectivity index (χ1v) is 8.81. The van der Waals surface area contributed by atoms with Crippen LogP contribution in [0.15, 0.2) is 64.5 Å². The lowest BCUT2D eigenvalue weighted by molar-refractivity contribution is 0.433. The molecule has 2 aromatic carbocycles. The molecule has 2 heterocycles. The van der Waals surface area contributed by atoms with E-state index < -0.39 is 5.82 Å². The van der Waals surface area contributed by atoms with Crippen LogP contribution < -0.4 is 4.74 Å². The van der Waals surface area contributed by atoms with E-state index in [0.717, 1.165) is 20.3 Å². The summed E-state index contributed by atoms with van der Waals surface area (Å²) in [7, 11) is 0. The molecule has 0 radical (unpaired) electrons. The number of halogens is 2. The Morgan fingerprint density at radius 3 is 2.71 bits per heavy atom. The Morgan fingerprint density at radius 1 is 1.00 bits per heavy atom. The molecule has 6 heteroatoms. The minimum Gasteiger partial charge on any atom is -0.434 e.